The highest BCUT2D eigenvalue weighted by Gasteiger charge is 2.29. The minimum atomic E-state index is 0.581. The molecule has 0 radical (unpaired) electrons. The Morgan fingerprint density at radius 3 is 2.69 bits per heavy atom. The number of nitrogens with zero attached hydrogens (tertiary/aromatic N) is 6. The fourth-order valence-electron chi connectivity index (χ4n) is 3.73. The standard InChI is InChI=1S/C24H25N7S/c1-15(17-7-8-25-23(11-17)31-13-21(14-31)30(3)4)27-22-10-20-9-18(5-6-19(20)12-26-22)24-29-28-16(2)32-24/h5-12,21H,1,13-14H2,2-4H3,(H,26,27). The summed E-state index contributed by atoms with van der Waals surface area (Å²) in [7, 11) is 4.23. The van der Waals surface area contributed by atoms with Gasteiger partial charge in [0, 0.05) is 53.7 Å². The molecule has 0 unspecified atom stereocenters. The first kappa shape index (κ1) is 20.5. The topological polar surface area (TPSA) is 70.1 Å². The number of likely N-dealkylation sites (N-methyl/N-ethyl adjacent to an activating group) is 1. The van der Waals surface area contributed by atoms with E-state index in [4.69, 9.17) is 0 Å². The van der Waals surface area contributed by atoms with Gasteiger partial charge in [0.05, 0.1) is 0 Å². The van der Waals surface area contributed by atoms with E-state index in [2.05, 4.69) is 80.2 Å². The predicted molar refractivity (Wildman–Crippen MR) is 132 cm³/mol. The number of nitrogens with one attached hydrogen (secondary N) is 1. The van der Waals surface area contributed by atoms with Gasteiger partial charge < -0.3 is 15.1 Å². The van der Waals surface area contributed by atoms with E-state index in [9.17, 15) is 0 Å². The summed E-state index contributed by atoms with van der Waals surface area (Å²) in [6, 6.07) is 12.9. The quantitative estimate of drug-likeness (QED) is 0.477. The van der Waals surface area contributed by atoms with Gasteiger partial charge >= 0.3 is 0 Å². The Kier molecular flexibility index (Phi) is 5.32. The second kappa shape index (κ2) is 8.29. The van der Waals surface area contributed by atoms with E-state index < -0.39 is 0 Å². The molecule has 1 fully saturated rings. The zero-order valence-electron chi connectivity index (χ0n) is 18.4. The fourth-order valence-corrected chi connectivity index (χ4v) is 4.42. The van der Waals surface area contributed by atoms with Crippen molar-refractivity contribution in [1.82, 2.24) is 25.1 Å². The molecule has 8 heteroatoms. The Balaban J connectivity index is 1.34. The Hall–Kier alpha value is -3.36. The van der Waals surface area contributed by atoms with Crippen LogP contribution in [0.2, 0.25) is 0 Å². The summed E-state index contributed by atoms with van der Waals surface area (Å²) >= 11 is 1.59. The largest absolute Gasteiger partial charge is 0.353 e. The minimum absolute atomic E-state index is 0.581. The lowest BCUT2D eigenvalue weighted by molar-refractivity contribution is 0.246. The van der Waals surface area contributed by atoms with Crippen molar-refractivity contribution in [1.29, 1.82) is 0 Å². The lowest BCUT2D eigenvalue weighted by atomic mass is 10.1. The summed E-state index contributed by atoms with van der Waals surface area (Å²) in [5.41, 5.74) is 2.85. The molecule has 7 nitrogen and oxygen atoms in total. The molecule has 0 bridgehead atoms. The van der Waals surface area contributed by atoms with E-state index in [1.807, 2.05) is 31.5 Å². The van der Waals surface area contributed by atoms with Crippen molar-refractivity contribution in [2.24, 2.45) is 0 Å². The lowest BCUT2D eigenvalue weighted by Crippen LogP contribution is -2.57. The average Bonchev–Trinajstić information content (AvgIpc) is 3.18. The van der Waals surface area contributed by atoms with Crippen LogP contribution in [0.4, 0.5) is 11.6 Å². The molecule has 0 saturated carbocycles. The van der Waals surface area contributed by atoms with Gasteiger partial charge in [-0.05, 0) is 50.7 Å². The van der Waals surface area contributed by atoms with Crippen LogP contribution >= 0.6 is 11.3 Å². The van der Waals surface area contributed by atoms with Gasteiger partial charge in [-0.15, -0.1) is 10.2 Å². The summed E-state index contributed by atoms with van der Waals surface area (Å²) < 4.78 is 0. The first-order chi connectivity index (χ1) is 15.5. The van der Waals surface area contributed by atoms with E-state index in [0.29, 0.717) is 6.04 Å². The number of benzene rings is 1. The van der Waals surface area contributed by atoms with Crippen LogP contribution in [0.3, 0.4) is 0 Å². The van der Waals surface area contributed by atoms with Crippen molar-refractivity contribution in [3.63, 3.8) is 0 Å². The molecule has 1 N–H and O–H groups in total. The molecule has 1 aromatic carbocycles. The average molecular weight is 444 g/mol. The highest BCUT2D eigenvalue weighted by Crippen LogP contribution is 2.29. The maximum absolute atomic E-state index is 4.56. The predicted octanol–water partition coefficient (Wildman–Crippen LogP) is 4.29. The number of aromatic nitrogens is 4. The monoisotopic (exact) mass is 443 g/mol. The second-order valence-electron chi connectivity index (χ2n) is 8.29. The van der Waals surface area contributed by atoms with Gasteiger partial charge in [-0.3, -0.25) is 0 Å². The molecule has 1 aliphatic heterocycles. The molecule has 5 rings (SSSR count). The van der Waals surface area contributed by atoms with Crippen LogP contribution in [-0.4, -0.2) is 58.3 Å². The maximum atomic E-state index is 4.56. The van der Waals surface area contributed by atoms with Crippen molar-refractivity contribution in [3.05, 3.63) is 65.9 Å². The van der Waals surface area contributed by atoms with E-state index in [1.54, 1.807) is 11.3 Å². The number of fused-ring (bicyclic) bond motifs is 1. The molecule has 1 aliphatic rings. The van der Waals surface area contributed by atoms with E-state index in [-0.39, 0.29) is 0 Å². The Morgan fingerprint density at radius 2 is 1.94 bits per heavy atom. The van der Waals surface area contributed by atoms with Crippen molar-refractivity contribution in [2.75, 3.05) is 37.4 Å². The number of hydrogen-bond acceptors (Lipinski definition) is 8. The molecule has 4 aromatic rings. The SMILES string of the molecule is C=C(Nc1cc2cc(-c3nnc(C)s3)ccc2cn1)c1ccnc(N2CC(N(C)C)C2)c1. The third-order valence-corrected chi connectivity index (χ3v) is 6.67. The summed E-state index contributed by atoms with van der Waals surface area (Å²) in [5, 5.41) is 15.8. The molecular weight excluding hydrogens is 418 g/mol. The second-order valence-corrected chi connectivity index (χ2v) is 9.47. The molecule has 32 heavy (non-hydrogen) atoms. The molecule has 0 aliphatic carbocycles. The molecule has 1 saturated heterocycles. The molecule has 0 amide bonds. The first-order valence-corrected chi connectivity index (χ1v) is 11.3. The highest BCUT2D eigenvalue weighted by molar-refractivity contribution is 7.14. The highest BCUT2D eigenvalue weighted by atomic mass is 32.1. The lowest BCUT2D eigenvalue weighted by Gasteiger charge is -2.43. The van der Waals surface area contributed by atoms with Crippen LogP contribution < -0.4 is 10.2 Å². The Bertz CT molecular complexity index is 1290. The van der Waals surface area contributed by atoms with Gasteiger partial charge in [-0.2, -0.15) is 0 Å². The van der Waals surface area contributed by atoms with Gasteiger partial charge in [0.1, 0.15) is 21.7 Å². The molecular formula is C24H25N7S. The van der Waals surface area contributed by atoms with Crippen LogP contribution in [0.25, 0.3) is 27.0 Å². The van der Waals surface area contributed by atoms with Crippen molar-refractivity contribution in [2.45, 2.75) is 13.0 Å². The van der Waals surface area contributed by atoms with E-state index in [1.165, 1.54) is 0 Å². The maximum Gasteiger partial charge on any atom is 0.147 e. The third kappa shape index (κ3) is 4.06. The van der Waals surface area contributed by atoms with Crippen molar-refractivity contribution < 1.29 is 0 Å². The fraction of sp³-hybridized carbons (Fsp3) is 0.250. The number of aryl methyl sites for hydroxylation is 1. The van der Waals surface area contributed by atoms with E-state index >= 15 is 0 Å². The smallest absolute Gasteiger partial charge is 0.147 e. The van der Waals surface area contributed by atoms with Gasteiger partial charge in [0.2, 0.25) is 0 Å². The third-order valence-electron chi connectivity index (χ3n) is 5.78. The summed E-state index contributed by atoms with van der Waals surface area (Å²) in [6.07, 6.45) is 3.71. The van der Waals surface area contributed by atoms with Crippen LogP contribution in [0.15, 0.2) is 55.4 Å². The van der Waals surface area contributed by atoms with Crippen LogP contribution in [0, 0.1) is 6.92 Å². The molecule has 162 valence electrons. The van der Waals surface area contributed by atoms with Crippen molar-refractivity contribution in [3.8, 4) is 10.6 Å². The van der Waals surface area contributed by atoms with Gasteiger partial charge in [0.15, 0.2) is 0 Å². The molecule has 0 spiro atoms. The zero-order valence-corrected chi connectivity index (χ0v) is 19.2. The Morgan fingerprint density at radius 1 is 1.09 bits per heavy atom. The number of rotatable bonds is 6. The van der Waals surface area contributed by atoms with Gasteiger partial charge in [-0.1, -0.05) is 30.0 Å². The van der Waals surface area contributed by atoms with Crippen molar-refractivity contribution >= 4 is 39.4 Å². The molecule has 4 heterocycles. The van der Waals surface area contributed by atoms with Crippen LogP contribution in [0.1, 0.15) is 10.6 Å². The number of hydrogen-bond donors (Lipinski definition) is 1. The molecule has 3 aromatic heterocycles. The van der Waals surface area contributed by atoms with Gasteiger partial charge in [0.25, 0.3) is 0 Å². The summed E-state index contributed by atoms with van der Waals surface area (Å²) in [6.45, 7) is 8.18. The van der Waals surface area contributed by atoms with Crippen LogP contribution in [-0.2, 0) is 0 Å². The first-order valence-electron chi connectivity index (χ1n) is 10.5. The minimum Gasteiger partial charge on any atom is -0.353 e. The molecule has 0 atom stereocenters. The van der Waals surface area contributed by atoms with Crippen LogP contribution in [0.5, 0.6) is 0 Å². The summed E-state index contributed by atoms with van der Waals surface area (Å²) in [5.74, 6) is 1.73. The number of pyridine rings is 2. The Labute approximate surface area is 191 Å². The normalized spacial score (nSPS) is 14.1. The number of anilines is 2. The zero-order chi connectivity index (χ0) is 22.2. The summed E-state index contributed by atoms with van der Waals surface area (Å²) in [4.78, 5) is 13.6. The van der Waals surface area contributed by atoms with E-state index in [0.717, 1.165) is 62.3 Å². The van der Waals surface area contributed by atoms with Gasteiger partial charge in [-0.25, -0.2) is 9.97 Å².